The van der Waals surface area contributed by atoms with E-state index >= 15 is 0 Å². The topological polar surface area (TPSA) is 118 Å². The number of hydrogen-bond donors (Lipinski definition) is 2. The first-order valence-electron chi connectivity index (χ1n) is 11.1. The molecule has 0 unspecified atom stereocenters. The molecule has 10 heteroatoms. The molecule has 2 aromatic heterocycles. The molecule has 0 spiro atoms. The number of aromatic hydroxyl groups is 1. The van der Waals surface area contributed by atoms with Gasteiger partial charge in [0.2, 0.25) is 11.8 Å². The molecule has 1 saturated heterocycles. The highest BCUT2D eigenvalue weighted by atomic mass is 16.5. The van der Waals surface area contributed by atoms with E-state index in [4.69, 9.17) is 4.74 Å². The molecule has 1 saturated carbocycles. The molecule has 2 amide bonds. The van der Waals surface area contributed by atoms with Crippen LogP contribution in [0, 0.1) is 5.92 Å². The van der Waals surface area contributed by atoms with Gasteiger partial charge in [-0.25, -0.2) is 0 Å². The fourth-order valence-electron chi connectivity index (χ4n) is 3.78. The number of nitrogens with zero attached hydrogens (tertiary/aromatic N) is 4. The quantitative estimate of drug-likeness (QED) is 0.644. The largest absolute Gasteiger partial charge is 0.494 e. The monoisotopic (exact) mass is 443 g/mol. The minimum Gasteiger partial charge on any atom is -0.494 e. The lowest BCUT2D eigenvalue weighted by Crippen LogP contribution is -2.34. The molecule has 2 fully saturated rings. The molecular weight excluding hydrogens is 414 g/mol. The van der Waals surface area contributed by atoms with Crippen molar-refractivity contribution in [2.75, 3.05) is 26.3 Å². The number of hydrogen-bond acceptors (Lipinski definition) is 6. The summed E-state index contributed by atoms with van der Waals surface area (Å²) < 4.78 is 8.03. The average Bonchev–Trinajstić information content (AvgIpc) is 3.51. The van der Waals surface area contributed by atoms with Crippen LogP contribution in [0.5, 0.6) is 5.88 Å². The number of nitrogens with one attached hydrogen (secondary N) is 1. The second-order valence-corrected chi connectivity index (χ2v) is 8.72. The molecule has 2 aromatic rings. The van der Waals surface area contributed by atoms with E-state index in [1.165, 1.54) is 16.8 Å². The Morgan fingerprint density at radius 1 is 1.31 bits per heavy atom. The van der Waals surface area contributed by atoms with Crippen LogP contribution in [0.4, 0.5) is 0 Å². The third kappa shape index (κ3) is 4.55. The van der Waals surface area contributed by atoms with E-state index in [0.29, 0.717) is 44.1 Å². The third-order valence-electron chi connectivity index (χ3n) is 5.54. The van der Waals surface area contributed by atoms with Crippen molar-refractivity contribution in [3.05, 3.63) is 33.8 Å². The predicted molar refractivity (Wildman–Crippen MR) is 117 cm³/mol. The van der Waals surface area contributed by atoms with Gasteiger partial charge in [0.1, 0.15) is 5.65 Å². The van der Waals surface area contributed by atoms with Gasteiger partial charge in [-0.1, -0.05) is 13.8 Å². The first-order chi connectivity index (χ1) is 15.4. The van der Waals surface area contributed by atoms with E-state index in [2.05, 4.69) is 10.4 Å². The minimum atomic E-state index is -0.689. The Kier molecular flexibility index (Phi) is 6.31. The lowest BCUT2D eigenvalue weighted by Gasteiger charge is -2.18. The molecule has 32 heavy (non-hydrogen) atoms. The molecule has 0 atom stereocenters. The second kappa shape index (κ2) is 9.15. The SMILES string of the molecule is CC(C)Cn1c(O)c(C(=O)NC2CC2)c(=O)n2ncc(/C=C/C(=O)N3CCCOCC3)c12. The molecular formula is C22H29N5O5. The van der Waals surface area contributed by atoms with E-state index in [9.17, 15) is 19.5 Å². The van der Waals surface area contributed by atoms with E-state index in [1.807, 2.05) is 13.8 Å². The van der Waals surface area contributed by atoms with Crippen LogP contribution in [0.1, 0.15) is 49.0 Å². The standard InChI is InChI=1S/C22H29N5O5/c1-14(2)13-26-20-15(4-7-17(28)25-8-3-10-32-11-9-25)12-23-27(20)22(31)18(21(26)30)19(29)24-16-5-6-16/h4,7,12,14,16,30H,3,5-6,8-11,13H2,1-2H3,(H,24,29)/b7-4+. The average molecular weight is 444 g/mol. The highest BCUT2D eigenvalue weighted by molar-refractivity contribution is 5.97. The zero-order valence-electron chi connectivity index (χ0n) is 18.4. The second-order valence-electron chi connectivity index (χ2n) is 8.72. The number of rotatable bonds is 6. The molecule has 2 aliphatic rings. The smallest absolute Gasteiger partial charge is 0.291 e. The van der Waals surface area contributed by atoms with E-state index in [0.717, 1.165) is 23.8 Å². The van der Waals surface area contributed by atoms with Gasteiger partial charge in [-0.2, -0.15) is 9.61 Å². The summed E-state index contributed by atoms with van der Waals surface area (Å²) in [6.07, 6.45) is 7.01. The number of ether oxygens (including phenoxy) is 1. The van der Waals surface area contributed by atoms with Crippen LogP contribution in [0.2, 0.25) is 0 Å². The zero-order chi connectivity index (χ0) is 22.8. The Morgan fingerprint density at radius 2 is 2.09 bits per heavy atom. The minimum absolute atomic E-state index is 0.0436. The summed E-state index contributed by atoms with van der Waals surface area (Å²) in [5.41, 5.74) is -0.158. The van der Waals surface area contributed by atoms with Crippen LogP contribution >= 0.6 is 0 Å². The summed E-state index contributed by atoms with van der Waals surface area (Å²) in [5, 5.41) is 17.8. The van der Waals surface area contributed by atoms with Crippen LogP contribution in [0.15, 0.2) is 17.1 Å². The first-order valence-corrected chi connectivity index (χ1v) is 11.1. The Hall–Kier alpha value is -3.14. The molecule has 1 aliphatic heterocycles. The van der Waals surface area contributed by atoms with Crippen molar-refractivity contribution in [1.29, 1.82) is 0 Å². The van der Waals surface area contributed by atoms with Crippen molar-refractivity contribution in [2.24, 2.45) is 5.92 Å². The van der Waals surface area contributed by atoms with Crippen LogP contribution in [-0.4, -0.2) is 68.3 Å². The lowest BCUT2D eigenvalue weighted by atomic mass is 10.2. The van der Waals surface area contributed by atoms with Crippen LogP contribution < -0.4 is 10.9 Å². The van der Waals surface area contributed by atoms with Gasteiger partial charge in [-0.3, -0.25) is 19.0 Å². The summed E-state index contributed by atoms with van der Waals surface area (Å²) in [5.74, 6) is -1.02. The van der Waals surface area contributed by atoms with Crippen molar-refractivity contribution in [3.63, 3.8) is 0 Å². The maximum Gasteiger partial charge on any atom is 0.291 e. The molecule has 172 valence electrons. The molecule has 0 aromatic carbocycles. The first kappa shape index (κ1) is 22.1. The number of aromatic nitrogens is 3. The van der Waals surface area contributed by atoms with Gasteiger partial charge in [0.15, 0.2) is 5.56 Å². The highest BCUT2D eigenvalue weighted by Gasteiger charge is 2.29. The van der Waals surface area contributed by atoms with Crippen LogP contribution in [0.3, 0.4) is 0 Å². The van der Waals surface area contributed by atoms with E-state index < -0.39 is 11.5 Å². The van der Waals surface area contributed by atoms with E-state index in [1.54, 1.807) is 11.0 Å². The maximum atomic E-state index is 13.0. The van der Waals surface area contributed by atoms with E-state index in [-0.39, 0.29) is 29.3 Å². The van der Waals surface area contributed by atoms with Gasteiger partial charge < -0.3 is 20.1 Å². The fourth-order valence-corrected chi connectivity index (χ4v) is 3.78. The lowest BCUT2D eigenvalue weighted by molar-refractivity contribution is -0.126. The Bertz CT molecular complexity index is 1100. The van der Waals surface area contributed by atoms with Crippen molar-refractivity contribution in [2.45, 2.75) is 45.7 Å². The molecule has 2 N–H and O–H groups in total. The molecule has 0 bridgehead atoms. The summed E-state index contributed by atoms with van der Waals surface area (Å²) >= 11 is 0. The van der Waals surface area contributed by atoms with Crippen LogP contribution in [0.25, 0.3) is 11.7 Å². The summed E-state index contributed by atoms with van der Waals surface area (Å²) in [7, 11) is 0. The highest BCUT2D eigenvalue weighted by Crippen LogP contribution is 2.24. The van der Waals surface area contributed by atoms with Gasteiger partial charge in [-0.15, -0.1) is 0 Å². The number of carbonyl (C=O) groups is 2. The van der Waals surface area contributed by atoms with Crippen molar-refractivity contribution in [3.8, 4) is 5.88 Å². The number of carbonyl (C=O) groups excluding carboxylic acids is 2. The molecule has 1 aliphatic carbocycles. The van der Waals surface area contributed by atoms with Crippen LogP contribution in [-0.2, 0) is 16.1 Å². The van der Waals surface area contributed by atoms with Gasteiger partial charge in [0, 0.05) is 43.9 Å². The number of amides is 2. The van der Waals surface area contributed by atoms with Gasteiger partial charge >= 0.3 is 0 Å². The fraction of sp³-hybridized carbons (Fsp3) is 0.545. The molecule has 10 nitrogen and oxygen atoms in total. The summed E-state index contributed by atoms with van der Waals surface area (Å²) in [4.78, 5) is 40.0. The summed E-state index contributed by atoms with van der Waals surface area (Å²) in [6, 6.07) is 0.0436. The molecule has 3 heterocycles. The number of fused-ring (bicyclic) bond motifs is 1. The van der Waals surface area contributed by atoms with Gasteiger partial charge in [0.25, 0.3) is 11.5 Å². The van der Waals surface area contributed by atoms with Gasteiger partial charge in [-0.05, 0) is 31.3 Å². The van der Waals surface area contributed by atoms with Crippen molar-refractivity contribution in [1.82, 2.24) is 24.4 Å². The van der Waals surface area contributed by atoms with Crippen molar-refractivity contribution < 1.29 is 19.4 Å². The normalized spacial score (nSPS) is 17.3. The Balaban J connectivity index is 1.73. The third-order valence-corrected chi connectivity index (χ3v) is 5.54. The Morgan fingerprint density at radius 3 is 2.81 bits per heavy atom. The van der Waals surface area contributed by atoms with Gasteiger partial charge in [0.05, 0.1) is 12.8 Å². The molecule has 4 rings (SSSR count). The Labute approximate surface area is 185 Å². The summed E-state index contributed by atoms with van der Waals surface area (Å²) in [6.45, 7) is 6.59. The van der Waals surface area contributed by atoms with Crippen molar-refractivity contribution >= 4 is 23.5 Å². The maximum absolute atomic E-state index is 13.0. The predicted octanol–water partition coefficient (Wildman–Crippen LogP) is 1.01. The zero-order valence-corrected chi connectivity index (χ0v) is 18.4. The molecule has 0 radical (unpaired) electrons.